The standard InChI is InChI=1S/C13H13NO/c14-13(10-4-2-1-3-5-10)11-6-8-12(15)9-7-11/h1-9,13,15H,14H2/t13-/m1/s1. The van der Waals surface area contributed by atoms with Crippen LogP contribution < -0.4 is 5.73 Å². The van der Waals surface area contributed by atoms with Crippen molar-refractivity contribution < 1.29 is 5.11 Å². The molecule has 15 heavy (non-hydrogen) atoms. The summed E-state index contributed by atoms with van der Waals surface area (Å²) >= 11 is 0. The van der Waals surface area contributed by atoms with E-state index in [4.69, 9.17) is 10.8 Å². The average Bonchev–Trinajstić information content (AvgIpc) is 2.30. The van der Waals surface area contributed by atoms with Gasteiger partial charge in [-0.15, -0.1) is 0 Å². The van der Waals surface area contributed by atoms with Gasteiger partial charge < -0.3 is 10.8 Å². The minimum atomic E-state index is -0.133. The molecular weight excluding hydrogens is 186 g/mol. The molecule has 0 heterocycles. The van der Waals surface area contributed by atoms with Gasteiger partial charge in [0.25, 0.3) is 0 Å². The molecule has 0 radical (unpaired) electrons. The van der Waals surface area contributed by atoms with Crippen molar-refractivity contribution in [3.8, 4) is 5.75 Å². The van der Waals surface area contributed by atoms with Gasteiger partial charge in [0.15, 0.2) is 0 Å². The van der Waals surface area contributed by atoms with E-state index in [1.165, 1.54) is 0 Å². The van der Waals surface area contributed by atoms with Crippen molar-refractivity contribution in [2.24, 2.45) is 5.73 Å². The minimum absolute atomic E-state index is 0.133. The van der Waals surface area contributed by atoms with E-state index in [0.717, 1.165) is 11.1 Å². The van der Waals surface area contributed by atoms with Crippen LogP contribution >= 0.6 is 0 Å². The highest BCUT2D eigenvalue weighted by molar-refractivity contribution is 5.34. The zero-order chi connectivity index (χ0) is 10.7. The molecule has 0 spiro atoms. The van der Waals surface area contributed by atoms with Gasteiger partial charge >= 0.3 is 0 Å². The van der Waals surface area contributed by atoms with Crippen LogP contribution in [0.3, 0.4) is 0 Å². The number of phenols is 1. The summed E-state index contributed by atoms with van der Waals surface area (Å²) in [5, 5.41) is 9.17. The van der Waals surface area contributed by atoms with Crippen LogP contribution in [0.5, 0.6) is 5.75 Å². The van der Waals surface area contributed by atoms with Gasteiger partial charge in [-0.3, -0.25) is 0 Å². The van der Waals surface area contributed by atoms with Crippen molar-refractivity contribution in [1.29, 1.82) is 0 Å². The number of nitrogens with two attached hydrogens (primary N) is 1. The van der Waals surface area contributed by atoms with E-state index in [9.17, 15) is 0 Å². The van der Waals surface area contributed by atoms with Crippen molar-refractivity contribution in [3.63, 3.8) is 0 Å². The van der Waals surface area contributed by atoms with Crippen LogP contribution in [-0.4, -0.2) is 5.11 Å². The first-order valence-corrected chi connectivity index (χ1v) is 4.87. The lowest BCUT2D eigenvalue weighted by molar-refractivity contribution is 0.475. The second-order valence-corrected chi connectivity index (χ2v) is 3.48. The van der Waals surface area contributed by atoms with Crippen LogP contribution in [-0.2, 0) is 0 Å². The van der Waals surface area contributed by atoms with Gasteiger partial charge in [0.05, 0.1) is 6.04 Å². The van der Waals surface area contributed by atoms with E-state index in [1.54, 1.807) is 12.1 Å². The second-order valence-electron chi connectivity index (χ2n) is 3.48. The third kappa shape index (κ3) is 2.17. The summed E-state index contributed by atoms with van der Waals surface area (Å²) in [6.07, 6.45) is 0. The zero-order valence-electron chi connectivity index (χ0n) is 8.30. The van der Waals surface area contributed by atoms with Crippen molar-refractivity contribution in [3.05, 3.63) is 65.7 Å². The van der Waals surface area contributed by atoms with Crippen LogP contribution in [0.15, 0.2) is 54.6 Å². The molecular formula is C13H13NO. The highest BCUT2D eigenvalue weighted by Gasteiger charge is 2.07. The lowest BCUT2D eigenvalue weighted by Gasteiger charge is -2.12. The number of hydrogen-bond donors (Lipinski definition) is 2. The van der Waals surface area contributed by atoms with Gasteiger partial charge in [-0.25, -0.2) is 0 Å². The summed E-state index contributed by atoms with van der Waals surface area (Å²) in [6, 6.07) is 16.7. The van der Waals surface area contributed by atoms with Crippen molar-refractivity contribution >= 4 is 0 Å². The van der Waals surface area contributed by atoms with Gasteiger partial charge in [0.2, 0.25) is 0 Å². The van der Waals surface area contributed by atoms with Crippen LogP contribution in [0, 0.1) is 0 Å². The molecule has 0 amide bonds. The molecule has 3 N–H and O–H groups in total. The van der Waals surface area contributed by atoms with E-state index < -0.39 is 0 Å². The highest BCUT2D eigenvalue weighted by Crippen LogP contribution is 2.20. The Morgan fingerprint density at radius 2 is 1.33 bits per heavy atom. The molecule has 0 saturated heterocycles. The fourth-order valence-electron chi connectivity index (χ4n) is 1.53. The Labute approximate surface area is 89.0 Å². The van der Waals surface area contributed by atoms with E-state index >= 15 is 0 Å². The molecule has 0 bridgehead atoms. The first kappa shape index (κ1) is 9.74. The third-order valence-electron chi connectivity index (χ3n) is 2.41. The summed E-state index contributed by atoms with van der Waals surface area (Å²) in [5.41, 5.74) is 8.16. The van der Waals surface area contributed by atoms with E-state index in [0.29, 0.717) is 0 Å². The second kappa shape index (κ2) is 4.15. The smallest absolute Gasteiger partial charge is 0.115 e. The molecule has 2 nitrogen and oxygen atoms in total. The van der Waals surface area contributed by atoms with E-state index in [1.807, 2.05) is 42.5 Å². The molecule has 0 aliphatic rings. The molecule has 0 aliphatic heterocycles. The molecule has 0 fully saturated rings. The van der Waals surface area contributed by atoms with Crippen LogP contribution in [0.25, 0.3) is 0 Å². The molecule has 0 saturated carbocycles. The van der Waals surface area contributed by atoms with Gasteiger partial charge in [-0.2, -0.15) is 0 Å². The number of phenolic OH excluding ortho intramolecular Hbond substituents is 1. The van der Waals surface area contributed by atoms with Crippen LogP contribution in [0.1, 0.15) is 17.2 Å². The summed E-state index contributed by atoms with van der Waals surface area (Å²) < 4.78 is 0. The molecule has 0 aromatic heterocycles. The number of benzene rings is 2. The third-order valence-corrected chi connectivity index (χ3v) is 2.41. The molecule has 1 atom stereocenters. The van der Waals surface area contributed by atoms with Crippen molar-refractivity contribution in [1.82, 2.24) is 0 Å². The van der Waals surface area contributed by atoms with Gasteiger partial charge in [0.1, 0.15) is 5.75 Å². The first-order valence-electron chi connectivity index (χ1n) is 4.87. The topological polar surface area (TPSA) is 46.2 Å². The molecule has 0 aliphatic carbocycles. The maximum Gasteiger partial charge on any atom is 0.115 e. The highest BCUT2D eigenvalue weighted by atomic mass is 16.3. The molecule has 2 aromatic rings. The fraction of sp³-hybridized carbons (Fsp3) is 0.0769. The van der Waals surface area contributed by atoms with Gasteiger partial charge in [-0.1, -0.05) is 42.5 Å². The minimum Gasteiger partial charge on any atom is -0.508 e. The number of aromatic hydroxyl groups is 1. The Morgan fingerprint density at radius 1 is 0.800 bits per heavy atom. The quantitative estimate of drug-likeness (QED) is 0.780. The molecule has 2 aromatic carbocycles. The predicted octanol–water partition coefficient (Wildman–Crippen LogP) is 2.44. The monoisotopic (exact) mass is 199 g/mol. The summed E-state index contributed by atoms with van der Waals surface area (Å²) in [4.78, 5) is 0. The Balaban J connectivity index is 2.29. The summed E-state index contributed by atoms with van der Waals surface area (Å²) in [5.74, 6) is 0.263. The normalized spacial score (nSPS) is 12.3. The van der Waals surface area contributed by atoms with E-state index in [-0.39, 0.29) is 11.8 Å². The maximum absolute atomic E-state index is 9.17. The predicted molar refractivity (Wildman–Crippen MR) is 60.6 cm³/mol. The lowest BCUT2D eigenvalue weighted by Crippen LogP contribution is -2.11. The molecule has 2 heteroatoms. The Hall–Kier alpha value is -1.80. The molecule has 0 unspecified atom stereocenters. The van der Waals surface area contributed by atoms with E-state index in [2.05, 4.69) is 0 Å². The lowest BCUT2D eigenvalue weighted by atomic mass is 10.00. The zero-order valence-corrected chi connectivity index (χ0v) is 8.30. The number of rotatable bonds is 2. The molecule has 76 valence electrons. The number of hydrogen-bond acceptors (Lipinski definition) is 2. The van der Waals surface area contributed by atoms with Crippen molar-refractivity contribution in [2.45, 2.75) is 6.04 Å². The van der Waals surface area contributed by atoms with Crippen LogP contribution in [0.4, 0.5) is 0 Å². The first-order chi connectivity index (χ1) is 7.27. The van der Waals surface area contributed by atoms with Crippen LogP contribution in [0.2, 0.25) is 0 Å². The van der Waals surface area contributed by atoms with Crippen molar-refractivity contribution in [2.75, 3.05) is 0 Å². The van der Waals surface area contributed by atoms with Gasteiger partial charge in [0, 0.05) is 0 Å². The largest absolute Gasteiger partial charge is 0.508 e. The van der Waals surface area contributed by atoms with Gasteiger partial charge in [-0.05, 0) is 23.3 Å². The average molecular weight is 199 g/mol. The Bertz CT molecular complexity index is 422. The Morgan fingerprint density at radius 3 is 1.93 bits per heavy atom. The fourth-order valence-corrected chi connectivity index (χ4v) is 1.53. The Kier molecular flexibility index (Phi) is 2.70. The summed E-state index contributed by atoms with van der Waals surface area (Å²) in [6.45, 7) is 0. The molecule has 2 rings (SSSR count). The SMILES string of the molecule is N[C@H](c1ccccc1)c1ccc(O)cc1. The maximum atomic E-state index is 9.17. The summed E-state index contributed by atoms with van der Waals surface area (Å²) in [7, 11) is 0.